The van der Waals surface area contributed by atoms with Crippen LogP contribution < -0.4 is 0 Å². The van der Waals surface area contributed by atoms with Gasteiger partial charge in [-0.2, -0.15) is 0 Å². The number of hydrogen-bond donors (Lipinski definition) is 0. The molecule has 0 amide bonds. The van der Waals surface area contributed by atoms with Crippen molar-refractivity contribution in [1.82, 2.24) is 4.90 Å². The van der Waals surface area contributed by atoms with Crippen LogP contribution in [0.25, 0.3) is 0 Å². The van der Waals surface area contributed by atoms with Crippen LogP contribution in [0.15, 0.2) is 22.7 Å². The van der Waals surface area contributed by atoms with E-state index < -0.39 is 0 Å². The molecule has 0 N–H and O–H groups in total. The Morgan fingerprint density at radius 1 is 1.19 bits per heavy atom. The van der Waals surface area contributed by atoms with Crippen molar-refractivity contribution >= 4 is 21.7 Å². The van der Waals surface area contributed by atoms with E-state index in [2.05, 4.69) is 20.8 Å². The maximum Gasteiger partial charge on any atom is 0.157 e. The van der Waals surface area contributed by atoms with E-state index in [9.17, 15) is 9.18 Å². The van der Waals surface area contributed by atoms with Gasteiger partial charge in [0.1, 0.15) is 5.82 Å². The Bertz CT molecular complexity index is 534. The lowest BCUT2D eigenvalue weighted by Crippen LogP contribution is -2.52. The number of hydrogen-bond acceptors (Lipinski definition) is 2. The van der Waals surface area contributed by atoms with Crippen molar-refractivity contribution in [2.75, 3.05) is 13.1 Å². The van der Waals surface area contributed by atoms with Gasteiger partial charge < -0.3 is 0 Å². The first-order chi connectivity index (χ1) is 10.1. The SMILES string of the molecule is O=C(Cc1ccc(F)cc1Br)C1(N2CCCC2)CCCC1. The predicted molar refractivity (Wildman–Crippen MR) is 84.8 cm³/mol. The van der Waals surface area contributed by atoms with Crippen LogP contribution >= 0.6 is 15.9 Å². The molecule has 1 saturated carbocycles. The van der Waals surface area contributed by atoms with Gasteiger partial charge in [0.2, 0.25) is 0 Å². The van der Waals surface area contributed by atoms with Crippen LogP contribution in [0.1, 0.15) is 44.1 Å². The van der Waals surface area contributed by atoms with Crippen molar-refractivity contribution < 1.29 is 9.18 Å². The molecule has 21 heavy (non-hydrogen) atoms. The maximum absolute atomic E-state index is 13.2. The Kier molecular flexibility index (Phi) is 4.46. The molecule has 4 heteroatoms. The minimum Gasteiger partial charge on any atom is -0.297 e. The average molecular weight is 354 g/mol. The summed E-state index contributed by atoms with van der Waals surface area (Å²) < 4.78 is 13.9. The minimum absolute atomic E-state index is 0.246. The second-order valence-corrected chi connectivity index (χ2v) is 7.12. The highest BCUT2D eigenvalue weighted by Gasteiger charge is 2.46. The molecule has 0 unspecified atom stereocenters. The maximum atomic E-state index is 13.2. The van der Waals surface area contributed by atoms with Crippen molar-refractivity contribution in [3.63, 3.8) is 0 Å². The number of carbonyl (C=O) groups excluding carboxylic acids is 1. The van der Waals surface area contributed by atoms with Crippen LogP contribution in [0.2, 0.25) is 0 Å². The van der Waals surface area contributed by atoms with Crippen molar-refractivity contribution in [2.24, 2.45) is 0 Å². The molecule has 2 aliphatic rings. The summed E-state index contributed by atoms with van der Waals surface area (Å²) in [6.45, 7) is 2.10. The smallest absolute Gasteiger partial charge is 0.157 e. The zero-order valence-corrected chi connectivity index (χ0v) is 13.8. The van der Waals surface area contributed by atoms with E-state index >= 15 is 0 Å². The van der Waals surface area contributed by atoms with Crippen molar-refractivity contribution in [3.05, 3.63) is 34.1 Å². The predicted octanol–water partition coefficient (Wildman–Crippen LogP) is 4.11. The molecule has 1 aliphatic heterocycles. The lowest BCUT2D eigenvalue weighted by molar-refractivity contribution is -0.129. The van der Waals surface area contributed by atoms with E-state index in [1.54, 1.807) is 6.07 Å². The molecule has 2 fully saturated rings. The van der Waals surface area contributed by atoms with Crippen LogP contribution in [0, 0.1) is 5.82 Å². The fourth-order valence-electron chi connectivity index (χ4n) is 3.88. The van der Waals surface area contributed by atoms with Gasteiger partial charge in [-0.15, -0.1) is 0 Å². The Morgan fingerprint density at radius 2 is 1.86 bits per heavy atom. The molecule has 1 heterocycles. The Balaban J connectivity index is 1.81. The summed E-state index contributed by atoms with van der Waals surface area (Å²) in [7, 11) is 0. The molecule has 0 radical (unpaired) electrons. The summed E-state index contributed by atoms with van der Waals surface area (Å²) >= 11 is 3.38. The number of carbonyl (C=O) groups is 1. The Morgan fingerprint density at radius 3 is 2.48 bits per heavy atom. The monoisotopic (exact) mass is 353 g/mol. The van der Waals surface area contributed by atoms with Crippen LogP contribution in [-0.2, 0) is 11.2 Å². The van der Waals surface area contributed by atoms with Gasteiger partial charge in [0.25, 0.3) is 0 Å². The molecule has 2 nitrogen and oxygen atoms in total. The van der Waals surface area contributed by atoms with Gasteiger partial charge in [0, 0.05) is 10.9 Å². The van der Waals surface area contributed by atoms with Crippen LogP contribution in [0.3, 0.4) is 0 Å². The number of halogens is 2. The number of nitrogens with zero attached hydrogens (tertiary/aromatic N) is 1. The molecule has 114 valence electrons. The summed E-state index contributed by atoms with van der Waals surface area (Å²) in [5, 5.41) is 0. The average Bonchev–Trinajstić information content (AvgIpc) is 3.11. The summed E-state index contributed by atoms with van der Waals surface area (Å²) in [6.07, 6.45) is 7.08. The van der Waals surface area contributed by atoms with Gasteiger partial charge >= 0.3 is 0 Å². The summed E-state index contributed by atoms with van der Waals surface area (Å²) in [5.41, 5.74) is 0.650. The first-order valence-corrected chi connectivity index (χ1v) is 8.63. The van der Waals surface area contributed by atoms with E-state index in [1.807, 2.05) is 0 Å². The second kappa shape index (κ2) is 6.17. The minimum atomic E-state index is -0.270. The highest BCUT2D eigenvalue weighted by atomic mass is 79.9. The van der Waals surface area contributed by atoms with Crippen molar-refractivity contribution in [1.29, 1.82) is 0 Å². The van der Waals surface area contributed by atoms with Gasteiger partial charge in [0.15, 0.2) is 5.78 Å². The highest BCUT2D eigenvalue weighted by Crippen LogP contribution is 2.39. The quantitative estimate of drug-likeness (QED) is 0.811. The zero-order valence-electron chi connectivity index (χ0n) is 12.2. The Hall–Kier alpha value is -0.740. The molecule has 1 saturated heterocycles. The fraction of sp³-hybridized carbons (Fsp3) is 0.588. The number of Topliss-reactive ketones (excluding diaryl/α,β-unsaturated/α-hetero) is 1. The van der Waals surface area contributed by atoms with Crippen molar-refractivity contribution in [2.45, 2.75) is 50.5 Å². The molecule has 1 aromatic carbocycles. The van der Waals surface area contributed by atoms with Crippen molar-refractivity contribution in [3.8, 4) is 0 Å². The van der Waals surface area contributed by atoms with Gasteiger partial charge in [-0.05, 0) is 56.5 Å². The first-order valence-electron chi connectivity index (χ1n) is 7.84. The molecule has 1 aliphatic carbocycles. The second-order valence-electron chi connectivity index (χ2n) is 6.27. The molecule has 0 bridgehead atoms. The summed E-state index contributed by atoms with van der Waals surface area (Å²) in [4.78, 5) is 15.4. The highest BCUT2D eigenvalue weighted by molar-refractivity contribution is 9.10. The normalized spacial score (nSPS) is 21.8. The van der Waals surface area contributed by atoms with Gasteiger partial charge in [-0.3, -0.25) is 9.69 Å². The molecule has 3 rings (SSSR count). The fourth-order valence-corrected chi connectivity index (χ4v) is 4.37. The third kappa shape index (κ3) is 2.93. The largest absolute Gasteiger partial charge is 0.297 e. The lowest BCUT2D eigenvalue weighted by Gasteiger charge is -2.37. The third-order valence-corrected chi connectivity index (χ3v) is 5.77. The molecule has 1 aromatic rings. The number of ketones is 1. The topological polar surface area (TPSA) is 20.3 Å². The van der Waals surface area contributed by atoms with Crippen LogP contribution in [0.4, 0.5) is 4.39 Å². The van der Waals surface area contributed by atoms with Gasteiger partial charge in [-0.25, -0.2) is 4.39 Å². The first kappa shape index (κ1) is 15.2. The van der Waals surface area contributed by atoms with E-state index in [4.69, 9.17) is 0 Å². The van der Waals surface area contributed by atoms with Gasteiger partial charge in [-0.1, -0.05) is 34.8 Å². The molecule has 0 aromatic heterocycles. The van der Waals surface area contributed by atoms with Crippen LogP contribution in [-0.4, -0.2) is 29.3 Å². The van der Waals surface area contributed by atoms with E-state index in [0.717, 1.165) is 44.3 Å². The van der Waals surface area contributed by atoms with E-state index in [1.165, 1.54) is 25.0 Å². The molecular weight excluding hydrogens is 333 g/mol. The standard InChI is InChI=1S/C17H21BrFNO/c18-15-12-14(19)6-5-13(15)11-16(21)17(7-1-2-8-17)20-9-3-4-10-20/h5-6,12H,1-4,7-11H2. The van der Waals surface area contributed by atoms with Crippen LogP contribution in [0.5, 0.6) is 0 Å². The third-order valence-electron chi connectivity index (χ3n) is 5.03. The zero-order chi connectivity index (χ0) is 14.9. The Labute approximate surface area is 133 Å². The number of benzene rings is 1. The summed E-state index contributed by atoms with van der Waals surface area (Å²) in [5.74, 6) is 0.0439. The number of rotatable bonds is 4. The molecule has 0 spiro atoms. The van der Waals surface area contributed by atoms with Gasteiger partial charge in [0.05, 0.1) is 5.54 Å². The summed E-state index contributed by atoms with van der Waals surface area (Å²) in [6, 6.07) is 4.61. The number of likely N-dealkylation sites (tertiary alicyclic amines) is 1. The molecular formula is C17H21BrFNO. The molecule has 0 atom stereocenters. The van der Waals surface area contributed by atoms with E-state index in [-0.39, 0.29) is 11.4 Å². The lowest BCUT2D eigenvalue weighted by atomic mass is 9.86. The van der Waals surface area contributed by atoms with E-state index in [0.29, 0.717) is 16.7 Å².